The van der Waals surface area contributed by atoms with Crippen LogP contribution in [0.5, 0.6) is 5.75 Å². The van der Waals surface area contributed by atoms with Crippen LogP contribution in [0.15, 0.2) is 59.7 Å². The van der Waals surface area contributed by atoms with Crippen LogP contribution < -0.4 is 15.5 Å². The van der Waals surface area contributed by atoms with Gasteiger partial charge in [-0.15, -0.1) is 0 Å². The van der Waals surface area contributed by atoms with Crippen LogP contribution in [-0.2, 0) is 14.4 Å². The van der Waals surface area contributed by atoms with Crippen molar-refractivity contribution in [3.63, 3.8) is 0 Å². The van der Waals surface area contributed by atoms with Crippen LogP contribution in [0.4, 0.5) is 0 Å². The predicted molar refractivity (Wildman–Crippen MR) is 116 cm³/mol. The van der Waals surface area contributed by atoms with E-state index in [-0.39, 0.29) is 18.6 Å². The van der Waals surface area contributed by atoms with Crippen LogP contribution in [-0.4, -0.2) is 48.5 Å². The average Bonchev–Trinajstić information content (AvgIpc) is 3.33. The molecule has 1 aliphatic rings. The predicted octanol–water partition coefficient (Wildman–Crippen LogP) is 2.02. The van der Waals surface area contributed by atoms with Crippen molar-refractivity contribution < 1.29 is 19.1 Å². The third-order valence-electron chi connectivity index (χ3n) is 4.89. The zero-order valence-corrected chi connectivity index (χ0v) is 17.4. The van der Waals surface area contributed by atoms with Crippen molar-refractivity contribution in [2.24, 2.45) is 5.10 Å². The fourth-order valence-electron chi connectivity index (χ4n) is 3.18. The fraction of sp³-hybridized carbons (Fsp3) is 0.304. The lowest BCUT2D eigenvalue weighted by Crippen LogP contribution is -2.39. The Labute approximate surface area is 181 Å². The van der Waals surface area contributed by atoms with Gasteiger partial charge in [0.2, 0.25) is 0 Å². The molecule has 1 saturated heterocycles. The second-order valence-electron chi connectivity index (χ2n) is 7.26. The number of ether oxygens (including phenoxy) is 1. The van der Waals surface area contributed by atoms with Crippen molar-refractivity contribution in [1.29, 1.82) is 0 Å². The summed E-state index contributed by atoms with van der Waals surface area (Å²) < 4.78 is 5.51. The Bertz CT molecular complexity index is 922. The standard InChI is InChI=1S/C23H26N4O4/c1-17(19-7-3-2-4-8-19)25-21(28)16-31-20-11-9-18(10-12-20)15-24-26-22(29)23(30)27-13-5-6-14-27/h2-4,7-12,15,17H,5-6,13-14,16H2,1H3,(H,25,28)(H,26,29)/b24-15-/t17-/m1/s1. The first-order chi connectivity index (χ1) is 15.0. The minimum Gasteiger partial charge on any atom is -0.484 e. The van der Waals surface area contributed by atoms with Gasteiger partial charge >= 0.3 is 11.8 Å². The van der Waals surface area contributed by atoms with E-state index in [2.05, 4.69) is 15.8 Å². The Morgan fingerprint density at radius 3 is 2.42 bits per heavy atom. The first-order valence-electron chi connectivity index (χ1n) is 10.2. The van der Waals surface area contributed by atoms with E-state index in [0.29, 0.717) is 24.4 Å². The number of hydrogen-bond acceptors (Lipinski definition) is 5. The topological polar surface area (TPSA) is 100 Å². The summed E-state index contributed by atoms with van der Waals surface area (Å²) in [5, 5.41) is 6.71. The maximum absolute atomic E-state index is 12.1. The molecule has 1 fully saturated rings. The molecule has 0 spiro atoms. The molecule has 0 aliphatic carbocycles. The molecule has 8 nitrogen and oxygen atoms in total. The molecular formula is C23H26N4O4. The molecule has 1 aliphatic heterocycles. The molecule has 0 unspecified atom stereocenters. The number of nitrogens with one attached hydrogen (secondary N) is 2. The van der Waals surface area contributed by atoms with Crippen molar-refractivity contribution >= 4 is 23.9 Å². The molecular weight excluding hydrogens is 396 g/mol. The van der Waals surface area contributed by atoms with Crippen LogP contribution in [0.3, 0.4) is 0 Å². The van der Waals surface area contributed by atoms with E-state index in [4.69, 9.17) is 4.74 Å². The van der Waals surface area contributed by atoms with Crippen molar-refractivity contribution in [2.45, 2.75) is 25.8 Å². The molecule has 0 radical (unpaired) electrons. The minimum atomic E-state index is -0.742. The monoisotopic (exact) mass is 422 g/mol. The maximum atomic E-state index is 12.1. The van der Waals surface area contributed by atoms with Gasteiger partial charge in [-0.1, -0.05) is 30.3 Å². The quantitative estimate of drug-likeness (QED) is 0.405. The summed E-state index contributed by atoms with van der Waals surface area (Å²) in [6, 6.07) is 16.5. The van der Waals surface area contributed by atoms with Crippen LogP contribution in [0.1, 0.15) is 36.9 Å². The first kappa shape index (κ1) is 22.0. The van der Waals surface area contributed by atoms with Crippen LogP contribution in [0, 0.1) is 0 Å². The van der Waals surface area contributed by atoms with Gasteiger partial charge in [0.25, 0.3) is 5.91 Å². The Morgan fingerprint density at radius 2 is 1.74 bits per heavy atom. The highest BCUT2D eigenvalue weighted by atomic mass is 16.5. The number of likely N-dealkylation sites (tertiary alicyclic amines) is 1. The van der Waals surface area contributed by atoms with Crippen molar-refractivity contribution in [3.05, 3.63) is 65.7 Å². The summed E-state index contributed by atoms with van der Waals surface area (Å²) in [6.45, 7) is 3.04. The van der Waals surface area contributed by atoms with E-state index < -0.39 is 11.8 Å². The SMILES string of the molecule is C[C@@H](NC(=O)COc1ccc(/C=N\NC(=O)C(=O)N2CCCC2)cc1)c1ccccc1. The zero-order valence-electron chi connectivity index (χ0n) is 17.4. The van der Waals surface area contributed by atoms with Gasteiger partial charge in [0.1, 0.15) is 5.75 Å². The summed E-state index contributed by atoms with van der Waals surface area (Å²) in [7, 11) is 0. The first-order valence-corrected chi connectivity index (χ1v) is 10.2. The molecule has 0 bridgehead atoms. The third-order valence-corrected chi connectivity index (χ3v) is 4.89. The lowest BCUT2D eigenvalue weighted by atomic mass is 10.1. The molecule has 162 valence electrons. The molecule has 1 heterocycles. The van der Waals surface area contributed by atoms with Crippen molar-refractivity contribution in [1.82, 2.24) is 15.6 Å². The maximum Gasteiger partial charge on any atom is 0.329 e. The van der Waals surface area contributed by atoms with Gasteiger partial charge in [-0.25, -0.2) is 5.43 Å². The zero-order chi connectivity index (χ0) is 22.1. The van der Waals surface area contributed by atoms with Crippen molar-refractivity contribution in [3.8, 4) is 5.75 Å². The van der Waals surface area contributed by atoms with Gasteiger partial charge in [-0.05, 0) is 55.2 Å². The summed E-state index contributed by atoms with van der Waals surface area (Å²) in [5.74, 6) is -0.979. The van der Waals surface area contributed by atoms with Crippen LogP contribution >= 0.6 is 0 Å². The molecule has 2 N–H and O–H groups in total. The van der Waals surface area contributed by atoms with E-state index >= 15 is 0 Å². The van der Waals surface area contributed by atoms with Crippen molar-refractivity contribution in [2.75, 3.05) is 19.7 Å². The van der Waals surface area contributed by atoms with E-state index in [1.807, 2.05) is 37.3 Å². The Kier molecular flexibility index (Phi) is 7.75. The Morgan fingerprint density at radius 1 is 1.06 bits per heavy atom. The molecule has 3 rings (SSSR count). The Hall–Kier alpha value is -3.68. The average molecular weight is 422 g/mol. The summed E-state index contributed by atoms with van der Waals surface area (Å²) in [4.78, 5) is 37.3. The number of nitrogens with zero attached hydrogens (tertiary/aromatic N) is 2. The summed E-state index contributed by atoms with van der Waals surface area (Å²) in [6.07, 6.45) is 3.28. The van der Waals surface area contributed by atoms with Crippen LogP contribution in [0.2, 0.25) is 0 Å². The van der Waals surface area contributed by atoms with Crippen LogP contribution in [0.25, 0.3) is 0 Å². The summed E-state index contributed by atoms with van der Waals surface area (Å²) in [5.41, 5.74) is 3.98. The summed E-state index contributed by atoms with van der Waals surface area (Å²) >= 11 is 0. The molecule has 1 atom stereocenters. The lowest BCUT2D eigenvalue weighted by molar-refractivity contribution is -0.145. The van der Waals surface area contributed by atoms with E-state index in [0.717, 1.165) is 18.4 Å². The molecule has 2 aromatic rings. The van der Waals surface area contributed by atoms with Gasteiger partial charge in [0.05, 0.1) is 12.3 Å². The molecule has 8 heteroatoms. The molecule has 3 amide bonds. The fourth-order valence-corrected chi connectivity index (χ4v) is 3.18. The van der Waals surface area contributed by atoms with Gasteiger partial charge in [-0.2, -0.15) is 5.10 Å². The minimum absolute atomic E-state index is 0.0979. The number of rotatable bonds is 7. The van der Waals surface area contributed by atoms with Gasteiger partial charge < -0.3 is 15.0 Å². The molecule has 0 saturated carbocycles. The number of benzene rings is 2. The van der Waals surface area contributed by atoms with Gasteiger partial charge in [0, 0.05) is 13.1 Å². The van der Waals surface area contributed by atoms with Gasteiger partial charge in [-0.3, -0.25) is 14.4 Å². The number of amides is 3. The van der Waals surface area contributed by atoms with Gasteiger partial charge in [0.15, 0.2) is 6.61 Å². The van der Waals surface area contributed by atoms with E-state index in [9.17, 15) is 14.4 Å². The third kappa shape index (κ3) is 6.67. The highest BCUT2D eigenvalue weighted by Gasteiger charge is 2.23. The number of carbonyl (C=O) groups excluding carboxylic acids is 3. The largest absolute Gasteiger partial charge is 0.484 e. The number of hydrazone groups is 1. The second kappa shape index (κ2) is 10.9. The smallest absolute Gasteiger partial charge is 0.329 e. The number of carbonyl (C=O) groups is 3. The van der Waals surface area contributed by atoms with E-state index in [1.165, 1.54) is 11.1 Å². The van der Waals surface area contributed by atoms with E-state index in [1.54, 1.807) is 24.3 Å². The lowest BCUT2D eigenvalue weighted by Gasteiger charge is -2.14. The second-order valence-corrected chi connectivity index (χ2v) is 7.26. The normalized spacial score (nSPS) is 14.3. The highest BCUT2D eigenvalue weighted by molar-refractivity contribution is 6.35. The highest BCUT2D eigenvalue weighted by Crippen LogP contribution is 2.13. The molecule has 31 heavy (non-hydrogen) atoms. The number of hydrogen-bond donors (Lipinski definition) is 2. The molecule has 2 aromatic carbocycles. The molecule has 0 aromatic heterocycles. The Balaban J connectivity index is 1.41.